The first-order chi connectivity index (χ1) is 17.7. The standard InChI is InChI=1S/C29H36N2O6/c1-5-6-22-15-20(2)26(21(3)16-22)27-23(32)17-29(18-24(27)37-28(34)35-4)7-9-31(10-8-29)25(33)19-30-11-13-36-14-12-30/h15-16H,7-14,17-19H2,1-4H3. The fourth-order valence-corrected chi connectivity index (χ4v) is 5.79. The van der Waals surface area contributed by atoms with Crippen molar-refractivity contribution in [1.82, 2.24) is 9.80 Å². The molecular formula is C29H36N2O6. The number of hydrogen-bond acceptors (Lipinski definition) is 7. The molecule has 1 aromatic carbocycles. The lowest BCUT2D eigenvalue weighted by atomic mass is 9.66. The van der Waals surface area contributed by atoms with Crippen LogP contribution in [0.25, 0.3) is 5.57 Å². The molecule has 0 saturated carbocycles. The van der Waals surface area contributed by atoms with Crippen LogP contribution >= 0.6 is 0 Å². The van der Waals surface area contributed by atoms with E-state index in [1.807, 2.05) is 30.9 Å². The van der Waals surface area contributed by atoms with Gasteiger partial charge in [0.15, 0.2) is 5.78 Å². The van der Waals surface area contributed by atoms with E-state index in [4.69, 9.17) is 14.2 Å². The Balaban J connectivity index is 1.57. The van der Waals surface area contributed by atoms with Crippen molar-refractivity contribution in [3.63, 3.8) is 0 Å². The van der Waals surface area contributed by atoms with Crippen molar-refractivity contribution in [1.29, 1.82) is 0 Å². The number of ether oxygens (including phenoxy) is 3. The van der Waals surface area contributed by atoms with Crippen molar-refractivity contribution >= 4 is 23.4 Å². The number of allylic oxidation sites excluding steroid dienone is 2. The van der Waals surface area contributed by atoms with E-state index in [9.17, 15) is 14.4 Å². The van der Waals surface area contributed by atoms with Crippen LogP contribution in [-0.4, -0.2) is 80.7 Å². The van der Waals surface area contributed by atoms with Crippen LogP contribution in [0.5, 0.6) is 0 Å². The first-order valence-electron chi connectivity index (χ1n) is 12.9. The minimum Gasteiger partial charge on any atom is -0.437 e. The van der Waals surface area contributed by atoms with E-state index in [0.717, 1.165) is 35.3 Å². The second kappa shape index (κ2) is 11.5. The molecular weight excluding hydrogens is 472 g/mol. The topological polar surface area (TPSA) is 85.4 Å². The summed E-state index contributed by atoms with van der Waals surface area (Å²) in [4.78, 5) is 42.9. The first kappa shape index (κ1) is 26.9. The lowest BCUT2D eigenvalue weighted by Gasteiger charge is -2.44. The van der Waals surface area contributed by atoms with Crippen LogP contribution in [0.2, 0.25) is 0 Å². The van der Waals surface area contributed by atoms with Gasteiger partial charge in [-0.05, 0) is 67.9 Å². The van der Waals surface area contributed by atoms with Crippen LogP contribution in [0.3, 0.4) is 0 Å². The molecule has 1 amide bonds. The summed E-state index contributed by atoms with van der Waals surface area (Å²) in [7, 11) is 1.26. The van der Waals surface area contributed by atoms with Crippen LogP contribution in [0.15, 0.2) is 17.9 Å². The van der Waals surface area contributed by atoms with Gasteiger partial charge in [-0.2, -0.15) is 0 Å². The third kappa shape index (κ3) is 6.06. The molecule has 0 bridgehead atoms. The summed E-state index contributed by atoms with van der Waals surface area (Å²) in [5.74, 6) is 6.41. The number of benzene rings is 1. The largest absolute Gasteiger partial charge is 0.513 e. The highest BCUT2D eigenvalue weighted by atomic mass is 16.7. The third-order valence-electron chi connectivity index (χ3n) is 7.69. The molecule has 1 aromatic rings. The normalized spacial score (nSPS) is 19.9. The summed E-state index contributed by atoms with van der Waals surface area (Å²) >= 11 is 0. The maximum Gasteiger partial charge on any atom is 0.513 e. The molecule has 0 aromatic heterocycles. The van der Waals surface area contributed by atoms with Gasteiger partial charge in [0.25, 0.3) is 0 Å². The van der Waals surface area contributed by atoms with Gasteiger partial charge in [-0.1, -0.05) is 5.92 Å². The Morgan fingerprint density at radius 2 is 1.70 bits per heavy atom. The van der Waals surface area contributed by atoms with Gasteiger partial charge in [-0.15, -0.1) is 5.92 Å². The molecule has 2 aliphatic heterocycles. The predicted octanol–water partition coefficient (Wildman–Crippen LogP) is 3.47. The maximum absolute atomic E-state index is 13.7. The molecule has 8 nitrogen and oxygen atoms in total. The zero-order chi connectivity index (χ0) is 26.6. The molecule has 0 atom stereocenters. The Kier molecular flexibility index (Phi) is 8.35. The molecule has 3 aliphatic rings. The van der Waals surface area contributed by atoms with Gasteiger partial charge in [0.05, 0.1) is 32.4 Å². The fraction of sp³-hybridized carbons (Fsp3) is 0.552. The van der Waals surface area contributed by atoms with Crippen LogP contribution in [0.1, 0.15) is 54.9 Å². The monoisotopic (exact) mass is 508 g/mol. The number of carbonyl (C=O) groups is 3. The highest BCUT2D eigenvalue weighted by Gasteiger charge is 2.45. The van der Waals surface area contributed by atoms with Crippen molar-refractivity contribution in [3.05, 3.63) is 40.1 Å². The number of carbonyl (C=O) groups excluding carboxylic acids is 3. The average molecular weight is 509 g/mol. The highest BCUT2D eigenvalue weighted by molar-refractivity contribution is 6.23. The molecule has 4 rings (SSSR count). The number of amides is 1. The lowest BCUT2D eigenvalue weighted by Crippen LogP contribution is -2.49. The fourth-order valence-electron chi connectivity index (χ4n) is 5.79. The van der Waals surface area contributed by atoms with E-state index < -0.39 is 6.16 Å². The summed E-state index contributed by atoms with van der Waals surface area (Å²) < 4.78 is 15.8. The minimum atomic E-state index is -0.834. The van der Waals surface area contributed by atoms with Gasteiger partial charge < -0.3 is 19.1 Å². The Morgan fingerprint density at radius 1 is 1.05 bits per heavy atom. The van der Waals surface area contributed by atoms with Crippen LogP contribution in [0, 0.1) is 31.1 Å². The number of hydrogen-bond donors (Lipinski definition) is 0. The molecule has 8 heteroatoms. The Hall–Kier alpha value is -3.15. The van der Waals surface area contributed by atoms with Crippen molar-refractivity contribution in [3.8, 4) is 11.8 Å². The summed E-state index contributed by atoms with van der Waals surface area (Å²) in [6.45, 7) is 10.1. The Labute approximate surface area is 218 Å². The van der Waals surface area contributed by atoms with Crippen LogP contribution in [-0.2, 0) is 23.8 Å². The predicted molar refractivity (Wildman–Crippen MR) is 139 cm³/mol. The Bertz CT molecular complexity index is 1140. The van der Waals surface area contributed by atoms with Crippen molar-refractivity contribution in [2.75, 3.05) is 53.0 Å². The number of rotatable bonds is 4. The van der Waals surface area contributed by atoms with Gasteiger partial charge in [-0.3, -0.25) is 14.5 Å². The minimum absolute atomic E-state index is 0.0428. The Morgan fingerprint density at radius 3 is 2.30 bits per heavy atom. The second-order valence-electron chi connectivity index (χ2n) is 10.3. The van der Waals surface area contributed by atoms with Gasteiger partial charge >= 0.3 is 6.16 Å². The summed E-state index contributed by atoms with van der Waals surface area (Å²) in [5.41, 5.74) is 3.59. The van der Waals surface area contributed by atoms with Crippen LogP contribution < -0.4 is 0 Å². The number of likely N-dealkylation sites (tertiary alicyclic amines) is 1. The maximum atomic E-state index is 13.7. The molecule has 2 heterocycles. The number of methoxy groups -OCH3 is 1. The number of piperidine rings is 1. The van der Waals surface area contributed by atoms with E-state index in [-0.39, 0.29) is 17.1 Å². The first-order valence-corrected chi connectivity index (χ1v) is 12.9. The number of morpholine rings is 1. The SMILES string of the molecule is CC#Cc1cc(C)c(C2=C(OC(=O)OC)CC3(CCN(C(=O)CN4CCOCC4)CC3)CC2=O)c(C)c1. The van der Waals surface area contributed by atoms with Crippen molar-refractivity contribution < 1.29 is 28.6 Å². The summed E-state index contributed by atoms with van der Waals surface area (Å²) in [5, 5.41) is 0. The van der Waals surface area contributed by atoms with Gasteiger partial charge in [0.2, 0.25) is 5.91 Å². The highest BCUT2D eigenvalue weighted by Crippen LogP contribution is 2.48. The number of Topliss-reactive ketones (excluding diaryl/α,β-unsaturated/α-hetero) is 1. The van der Waals surface area contributed by atoms with E-state index in [1.54, 1.807) is 6.92 Å². The van der Waals surface area contributed by atoms with Gasteiger partial charge in [-0.25, -0.2) is 4.79 Å². The third-order valence-corrected chi connectivity index (χ3v) is 7.69. The van der Waals surface area contributed by atoms with E-state index >= 15 is 0 Å². The van der Waals surface area contributed by atoms with Crippen molar-refractivity contribution in [2.45, 2.75) is 46.5 Å². The molecule has 198 valence electrons. The van der Waals surface area contributed by atoms with E-state index in [0.29, 0.717) is 69.9 Å². The quantitative estimate of drug-likeness (QED) is 0.455. The van der Waals surface area contributed by atoms with E-state index in [2.05, 4.69) is 16.7 Å². The zero-order valence-corrected chi connectivity index (χ0v) is 22.3. The molecule has 37 heavy (non-hydrogen) atoms. The molecule has 0 unspecified atom stereocenters. The second-order valence-corrected chi connectivity index (χ2v) is 10.3. The molecule has 0 N–H and O–H groups in total. The molecule has 0 radical (unpaired) electrons. The summed E-state index contributed by atoms with van der Waals surface area (Å²) in [6.07, 6.45) is 1.33. The number of nitrogens with zero attached hydrogens (tertiary/aromatic N) is 2. The molecule has 1 aliphatic carbocycles. The number of aryl methyl sites for hydroxylation is 2. The van der Waals surface area contributed by atoms with Crippen molar-refractivity contribution in [2.24, 2.45) is 5.41 Å². The van der Waals surface area contributed by atoms with E-state index in [1.165, 1.54) is 7.11 Å². The van der Waals surface area contributed by atoms with Gasteiger partial charge in [0.1, 0.15) is 5.76 Å². The average Bonchev–Trinajstić information content (AvgIpc) is 2.86. The molecule has 1 spiro atoms. The molecule has 2 fully saturated rings. The lowest BCUT2D eigenvalue weighted by molar-refractivity contribution is -0.136. The summed E-state index contributed by atoms with van der Waals surface area (Å²) in [6, 6.07) is 3.91. The van der Waals surface area contributed by atoms with Gasteiger partial charge in [0, 0.05) is 44.6 Å². The smallest absolute Gasteiger partial charge is 0.437 e. The molecule has 2 saturated heterocycles. The number of ketones is 1. The zero-order valence-electron chi connectivity index (χ0n) is 22.3. The van der Waals surface area contributed by atoms with Crippen LogP contribution in [0.4, 0.5) is 4.79 Å².